The lowest BCUT2D eigenvalue weighted by molar-refractivity contribution is -0.116. The first-order valence-corrected chi connectivity index (χ1v) is 8.36. The Hall–Kier alpha value is -2.41. The lowest BCUT2D eigenvalue weighted by Crippen LogP contribution is -2.12. The summed E-state index contributed by atoms with van der Waals surface area (Å²) in [5.41, 5.74) is 1.68. The van der Waals surface area contributed by atoms with Crippen molar-refractivity contribution in [1.82, 2.24) is 4.98 Å². The van der Waals surface area contributed by atoms with Crippen LogP contribution in [0.2, 0.25) is 0 Å². The highest BCUT2D eigenvalue weighted by Crippen LogP contribution is 2.23. The van der Waals surface area contributed by atoms with Crippen molar-refractivity contribution >= 4 is 28.3 Å². The van der Waals surface area contributed by atoms with Gasteiger partial charge in [-0.25, -0.2) is 9.78 Å². The van der Waals surface area contributed by atoms with Gasteiger partial charge in [0.15, 0.2) is 5.13 Å². The van der Waals surface area contributed by atoms with E-state index in [0.717, 1.165) is 22.6 Å². The summed E-state index contributed by atoms with van der Waals surface area (Å²) in [5, 5.41) is 3.10. The topological polar surface area (TPSA) is 77.5 Å². The zero-order valence-corrected chi connectivity index (χ0v) is 14.7. The standard InChI is InChI=1S/C17H20N2O4S/c1-11-6-4-7-13(10-11)23-9-5-8-14(20)19-17-18-12(2)15(24-17)16(21)22-3/h4,6-7,10H,5,8-9H2,1-3H3,(H,18,19,20). The zero-order valence-electron chi connectivity index (χ0n) is 13.9. The number of carbonyl (C=O) groups excluding carboxylic acids is 2. The molecule has 0 aliphatic rings. The molecule has 7 heteroatoms. The van der Waals surface area contributed by atoms with E-state index in [9.17, 15) is 9.59 Å². The van der Waals surface area contributed by atoms with Gasteiger partial charge in [-0.3, -0.25) is 4.79 Å². The second kappa shape index (κ2) is 8.44. The van der Waals surface area contributed by atoms with E-state index < -0.39 is 5.97 Å². The van der Waals surface area contributed by atoms with E-state index in [0.29, 0.717) is 35.2 Å². The summed E-state index contributed by atoms with van der Waals surface area (Å²) in [6, 6.07) is 7.77. The molecule has 24 heavy (non-hydrogen) atoms. The molecule has 0 aliphatic carbocycles. The largest absolute Gasteiger partial charge is 0.494 e. The number of hydrogen-bond donors (Lipinski definition) is 1. The number of amides is 1. The maximum atomic E-state index is 11.9. The van der Waals surface area contributed by atoms with Gasteiger partial charge >= 0.3 is 5.97 Å². The number of esters is 1. The van der Waals surface area contributed by atoms with Crippen LogP contribution in [0.1, 0.15) is 33.8 Å². The fourth-order valence-corrected chi connectivity index (χ4v) is 2.94. The normalized spacial score (nSPS) is 10.3. The number of hydrogen-bond acceptors (Lipinski definition) is 6. The number of nitrogens with zero attached hydrogens (tertiary/aromatic N) is 1. The molecule has 0 bridgehead atoms. The smallest absolute Gasteiger partial charge is 0.350 e. The number of aromatic nitrogens is 1. The van der Waals surface area contributed by atoms with Gasteiger partial charge in [-0.2, -0.15) is 0 Å². The molecule has 0 saturated carbocycles. The van der Waals surface area contributed by atoms with Gasteiger partial charge in [0.05, 0.1) is 19.4 Å². The van der Waals surface area contributed by atoms with Crippen LogP contribution in [0.3, 0.4) is 0 Å². The number of methoxy groups -OCH3 is 1. The van der Waals surface area contributed by atoms with Crippen molar-refractivity contribution in [2.24, 2.45) is 0 Å². The summed E-state index contributed by atoms with van der Waals surface area (Å²) in [6.45, 7) is 4.16. The molecule has 1 aromatic heterocycles. The molecule has 0 unspecified atom stereocenters. The van der Waals surface area contributed by atoms with Crippen LogP contribution in [0, 0.1) is 13.8 Å². The maximum absolute atomic E-state index is 11.9. The van der Waals surface area contributed by atoms with Gasteiger partial charge < -0.3 is 14.8 Å². The molecule has 6 nitrogen and oxygen atoms in total. The van der Waals surface area contributed by atoms with Crippen molar-refractivity contribution in [2.45, 2.75) is 26.7 Å². The Labute approximate surface area is 144 Å². The highest BCUT2D eigenvalue weighted by Gasteiger charge is 2.16. The number of benzene rings is 1. The van der Waals surface area contributed by atoms with Crippen LogP contribution < -0.4 is 10.1 Å². The fraction of sp³-hybridized carbons (Fsp3) is 0.353. The minimum Gasteiger partial charge on any atom is -0.494 e. The summed E-state index contributed by atoms with van der Waals surface area (Å²) in [4.78, 5) is 28.0. The maximum Gasteiger partial charge on any atom is 0.350 e. The highest BCUT2D eigenvalue weighted by molar-refractivity contribution is 7.17. The van der Waals surface area contributed by atoms with Crippen molar-refractivity contribution in [3.8, 4) is 5.75 Å². The van der Waals surface area contributed by atoms with E-state index in [1.54, 1.807) is 6.92 Å². The molecule has 1 N–H and O–H groups in total. The third-order valence-electron chi connectivity index (χ3n) is 3.22. The van der Waals surface area contributed by atoms with E-state index in [-0.39, 0.29) is 5.91 Å². The van der Waals surface area contributed by atoms with Crippen LogP contribution in [-0.4, -0.2) is 30.6 Å². The summed E-state index contributed by atoms with van der Waals surface area (Å²) in [7, 11) is 1.31. The molecule has 0 saturated heterocycles. The monoisotopic (exact) mass is 348 g/mol. The first-order chi connectivity index (χ1) is 11.5. The zero-order chi connectivity index (χ0) is 17.5. The second-order valence-corrected chi connectivity index (χ2v) is 6.24. The molecule has 1 aromatic carbocycles. The van der Waals surface area contributed by atoms with Crippen LogP contribution in [0.4, 0.5) is 5.13 Å². The predicted octanol–water partition coefficient (Wildman–Crippen LogP) is 3.34. The quantitative estimate of drug-likeness (QED) is 0.613. The fourth-order valence-electron chi connectivity index (χ4n) is 2.04. The van der Waals surface area contributed by atoms with Crippen molar-refractivity contribution in [3.05, 3.63) is 40.4 Å². The van der Waals surface area contributed by atoms with E-state index in [1.165, 1.54) is 7.11 Å². The Balaban J connectivity index is 1.76. The first kappa shape index (κ1) is 17.9. The molecule has 1 amide bonds. The first-order valence-electron chi connectivity index (χ1n) is 7.54. The Bertz CT molecular complexity index is 727. The molecule has 0 fully saturated rings. The average molecular weight is 348 g/mol. The number of rotatable bonds is 7. The van der Waals surface area contributed by atoms with Crippen molar-refractivity contribution < 1.29 is 19.1 Å². The molecule has 1 heterocycles. The minimum atomic E-state index is -0.447. The third-order valence-corrected chi connectivity index (χ3v) is 4.27. The van der Waals surface area contributed by atoms with Crippen molar-refractivity contribution in [3.63, 3.8) is 0 Å². The summed E-state index contributed by atoms with van der Waals surface area (Å²) in [6.07, 6.45) is 0.909. The van der Waals surface area contributed by atoms with Crippen LogP contribution >= 0.6 is 11.3 Å². The van der Waals surface area contributed by atoms with Crippen molar-refractivity contribution in [2.75, 3.05) is 19.0 Å². The molecule has 0 spiro atoms. The molecule has 0 atom stereocenters. The number of nitrogens with one attached hydrogen (secondary N) is 1. The van der Waals surface area contributed by atoms with E-state index in [4.69, 9.17) is 4.74 Å². The van der Waals surface area contributed by atoms with Crippen LogP contribution in [0.25, 0.3) is 0 Å². The van der Waals surface area contributed by atoms with Gasteiger partial charge in [-0.15, -0.1) is 0 Å². The van der Waals surface area contributed by atoms with E-state index >= 15 is 0 Å². The van der Waals surface area contributed by atoms with Gasteiger partial charge in [0.2, 0.25) is 5.91 Å². The number of thiazole rings is 1. The van der Waals surface area contributed by atoms with Gasteiger partial charge in [-0.05, 0) is 38.0 Å². The lowest BCUT2D eigenvalue weighted by atomic mass is 10.2. The molecule has 2 aromatic rings. The number of aryl methyl sites for hydroxylation is 2. The summed E-state index contributed by atoms with van der Waals surface area (Å²) >= 11 is 1.11. The van der Waals surface area contributed by atoms with Gasteiger partial charge in [0, 0.05) is 6.42 Å². The third kappa shape index (κ3) is 5.06. The Morgan fingerprint density at radius 2 is 2.08 bits per heavy atom. The predicted molar refractivity (Wildman–Crippen MR) is 92.7 cm³/mol. The molecule has 0 radical (unpaired) electrons. The Morgan fingerprint density at radius 3 is 2.79 bits per heavy atom. The van der Waals surface area contributed by atoms with Crippen molar-refractivity contribution in [1.29, 1.82) is 0 Å². The summed E-state index contributed by atoms with van der Waals surface area (Å²) in [5.74, 6) is 0.193. The molecule has 0 aliphatic heterocycles. The van der Waals surface area contributed by atoms with E-state index in [2.05, 4.69) is 15.0 Å². The van der Waals surface area contributed by atoms with Gasteiger partial charge in [0.1, 0.15) is 10.6 Å². The Kier molecular flexibility index (Phi) is 6.31. The SMILES string of the molecule is COC(=O)c1sc(NC(=O)CCCOc2cccc(C)c2)nc1C. The van der Waals surface area contributed by atoms with Gasteiger partial charge in [-0.1, -0.05) is 23.5 Å². The Morgan fingerprint density at radius 1 is 1.29 bits per heavy atom. The average Bonchev–Trinajstić information content (AvgIpc) is 2.91. The molecule has 128 valence electrons. The molecular weight excluding hydrogens is 328 g/mol. The molecule has 2 rings (SSSR count). The number of anilines is 1. The van der Waals surface area contributed by atoms with Crippen LogP contribution in [0.15, 0.2) is 24.3 Å². The number of carbonyl (C=O) groups is 2. The van der Waals surface area contributed by atoms with Crippen LogP contribution in [0.5, 0.6) is 5.75 Å². The second-order valence-electron chi connectivity index (χ2n) is 5.24. The molecular formula is C17H20N2O4S. The minimum absolute atomic E-state index is 0.159. The van der Waals surface area contributed by atoms with Crippen LogP contribution in [-0.2, 0) is 9.53 Å². The number of ether oxygens (including phenoxy) is 2. The highest BCUT2D eigenvalue weighted by atomic mass is 32.1. The lowest BCUT2D eigenvalue weighted by Gasteiger charge is -2.06. The summed E-state index contributed by atoms with van der Waals surface area (Å²) < 4.78 is 10.3. The van der Waals surface area contributed by atoms with E-state index in [1.807, 2.05) is 31.2 Å². The van der Waals surface area contributed by atoms with Gasteiger partial charge in [0.25, 0.3) is 0 Å².